The van der Waals surface area contributed by atoms with E-state index in [9.17, 15) is 9.90 Å². The molecule has 0 radical (unpaired) electrons. The fourth-order valence-corrected chi connectivity index (χ4v) is 3.79. The summed E-state index contributed by atoms with van der Waals surface area (Å²) in [7, 11) is 0. The molecule has 9 nitrogen and oxygen atoms in total. The lowest BCUT2D eigenvalue weighted by atomic mass is 9.96. The predicted molar refractivity (Wildman–Crippen MR) is 117 cm³/mol. The van der Waals surface area contributed by atoms with Gasteiger partial charge in [-0.05, 0) is 39.2 Å². The number of rotatable bonds is 5. The average Bonchev–Trinajstić information content (AvgIpc) is 3.32. The van der Waals surface area contributed by atoms with E-state index in [1.807, 2.05) is 6.92 Å². The monoisotopic (exact) mass is 442 g/mol. The number of nitrogens with one attached hydrogen (secondary N) is 3. The molecule has 4 rings (SSSR count). The topological polar surface area (TPSA) is 125 Å². The molecule has 32 heavy (non-hydrogen) atoms. The standard InChI is InChI=1S/C22H27FN6O3/c1-5-24-21(30)29-20-27-14-7-13(12-8-25-19(26-9-12)22(3,4)31)17(23)16(18(14)28-20)15-6-11(2)10-32-15/h7-9,11,15,31H,5-6,10H2,1-4H3,(H3,24,27,28,29,30)/t11?,15-/m1/s1. The predicted octanol–water partition coefficient (Wildman–Crippen LogP) is 3.63. The van der Waals surface area contributed by atoms with Gasteiger partial charge in [-0.25, -0.2) is 24.1 Å². The molecule has 0 spiro atoms. The van der Waals surface area contributed by atoms with E-state index in [2.05, 4.69) is 37.5 Å². The zero-order valence-corrected chi connectivity index (χ0v) is 18.5. The van der Waals surface area contributed by atoms with E-state index in [4.69, 9.17) is 4.74 Å². The van der Waals surface area contributed by atoms with Gasteiger partial charge in [0.2, 0.25) is 5.95 Å². The Kier molecular flexibility index (Phi) is 5.83. The molecule has 2 amide bonds. The summed E-state index contributed by atoms with van der Waals surface area (Å²) in [6, 6.07) is 1.21. The van der Waals surface area contributed by atoms with Crippen LogP contribution in [-0.4, -0.2) is 44.2 Å². The summed E-state index contributed by atoms with van der Waals surface area (Å²) in [4.78, 5) is 27.8. The second kappa shape index (κ2) is 8.44. The van der Waals surface area contributed by atoms with E-state index in [1.54, 1.807) is 19.9 Å². The molecule has 0 aliphatic carbocycles. The minimum absolute atomic E-state index is 0.212. The number of halogens is 1. The minimum Gasteiger partial charge on any atom is -0.382 e. The van der Waals surface area contributed by atoms with Crippen molar-refractivity contribution in [3.8, 4) is 11.1 Å². The van der Waals surface area contributed by atoms with Gasteiger partial charge >= 0.3 is 6.03 Å². The van der Waals surface area contributed by atoms with Gasteiger partial charge in [0.15, 0.2) is 5.82 Å². The number of aromatic nitrogens is 4. The highest BCUT2D eigenvalue weighted by atomic mass is 19.1. The van der Waals surface area contributed by atoms with Gasteiger partial charge in [0.1, 0.15) is 11.4 Å². The average molecular weight is 442 g/mol. The van der Waals surface area contributed by atoms with E-state index >= 15 is 4.39 Å². The number of hydrogen-bond acceptors (Lipinski definition) is 6. The maximum atomic E-state index is 15.9. The Morgan fingerprint density at radius 3 is 2.69 bits per heavy atom. The lowest BCUT2D eigenvalue weighted by Crippen LogP contribution is -2.28. The number of hydrogen-bond donors (Lipinski definition) is 4. The van der Waals surface area contributed by atoms with Crippen LogP contribution in [-0.2, 0) is 10.3 Å². The molecule has 3 aromatic rings. The quantitative estimate of drug-likeness (QED) is 0.478. The van der Waals surface area contributed by atoms with Crippen molar-refractivity contribution in [1.29, 1.82) is 0 Å². The lowest BCUT2D eigenvalue weighted by Gasteiger charge is -2.17. The molecule has 1 aliphatic heterocycles. The van der Waals surface area contributed by atoms with Crippen LogP contribution >= 0.6 is 0 Å². The first-order chi connectivity index (χ1) is 15.2. The van der Waals surface area contributed by atoms with E-state index in [0.717, 1.165) is 0 Å². The van der Waals surface area contributed by atoms with Gasteiger partial charge in [-0.3, -0.25) is 5.32 Å². The summed E-state index contributed by atoms with van der Waals surface area (Å²) >= 11 is 0. The van der Waals surface area contributed by atoms with Crippen molar-refractivity contribution in [3.63, 3.8) is 0 Å². The van der Waals surface area contributed by atoms with Crippen molar-refractivity contribution in [2.75, 3.05) is 18.5 Å². The van der Waals surface area contributed by atoms with E-state index < -0.39 is 23.6 Å². The third kappa shape index (κ3) is 4.28. The number of imidazole rings is 1. The maximum Gasteiger partial charge on any atom is 0.321 e. The van der Waals surface area contributed by atoms with E-state index in [-0.39, 0.29) is 17.3 Å². The molecule has 1 fully saturated rings. The van der Waals surface area contributed by atoms with Crippen LogP contribution in [0.15, 0.2) is 18.5 Å². The normalized spacial score (nSPS) is 18.8. The van der Waals surface area contributed by atoms with Gasteiger partial charge in [0.25, 0.3) is 0 Å². The number of nitrogens with zero attached hydrogens (tertiary/aromatic N) is 3. The summed E-state index contributed by atoms with van der Waals surface area (Å²) in [5.74, 6) is 0.279. The lowest BCUT2D eigenvalue weighted by molar-refractivity contribution is 0.0687. The Morgan fingerprint density at radius 1 is 1.38 bits per heavy atom. The Labute approximate surface area is 184 Å². The molecule has 1 unspecified atom stereocenters. The van der Waals surface area contributed by atoms with Crippen molar-refractivity contribution in [3.05, 3.63) is 35.7 Å². The number of anilines is 1. The molecule has 2 atom stereocenters. The van der Waals surface area contributed by atoms with Crippen molar-refractivity contribution < 1.29 is 19.0 Å². The summed E-state index contributed by atoms with van der Waals surface area (Å²) in [5, 5.41) is 15.4. The smallest absolute Gasteiger partial charge is 0.321 e. The fourth-order valence-electron chi connectivity index (χ4n) is 3.79. The molecule has 2 aromatic heterocycles. The van der Waals surface area contributed by atoms with Gasteiger partial charge in [-0.15, -0.1) is 0 Å². The molecule has 10 heteroatoms. The molecular formula is C22H27FN6O3. The number of H-pyrrole nitrogens is 1. The Bertz CT molecular complexity index is 1140. The number of ether oxygens (including phenoxy) is 1. The summed E-state index contributed by atoms with van der Waals surface area (Å²) < 4.78 is 21.7. The van der Waals surface area contributed by atoms with Crippen LogP contribution < -0.4 is 10.6 Å². The third-order valence-electron chi connectivity index (χ3n) is 5.35. The second-order valence-electron chi connectivity index (χ2n) is 8.64. The number of aromatic amines is 1. The minimum atomic E-state index is -1.21. The van der Waals surface area contributed by atoms with Crippen molar-refractivity contribution in [2.24, 2.45) is 5.92 Å². The molecule has 1 saturated heterocycles. The number of carbonyl (C=O) groups is 1. The molecule has 4 N–H and O–H groups in total. The zero-order valence-electron chi connectivity index (χ0n) is 18.5. The largest absolute Gasteiger partial charge is 0.382 e. The molecule has 1 aliphatic rings. The van der Waals surface area contributed by atoms with Crippen LogP contribution in [0.2, 0.25) is 0 Å². The first-order valence-corrected chi connectivity index (χ1v) is 10.6. The Hall–Kier alpha value is -3.11. The number of urea groups is 1. The van der Waals surface area contributed by atoms with Crippen molar-refractivity contribution in [1.82, 2.24) is 25.3 Å². The fraction of sp³-hybridized carbons (Fsp3) is 0.455. The van der Waals surface area contributed by atoms with Crippen LogP contribution in [0.25, 0.3) is 22.2 Å². The van der Waals surface area contributed by atoms with E-state index in [0.29, 0.717) is 47.7 Å². The van der Waals surface area contributed by atoms with Gasteiger partial charge in [0.05, 0.1) is 23.7 Å². The van der Waals surface area contributed by atoms with Crippen LogP contribution in [0.5, 0.6) is 0 Å². The van der Waals surface area contributed by atoms with Crippen molar-refractivity contribution in [2.45, 2.75) is 45.8 Å². The van der Waals surface area contributed by atoms with Gasteiger partial charge in [-0.1, -0.05) is 6.92 Å². The Balaban J connectivity index is 1.82. The van der Waals surface area contributed by atoms with Crippen LogP contribution in [0.1, 0.15) is 51.6 Å². The Morgan fingerprint density at radius 2 is 2.09 bits per heavy atom. The molecule has 3 heterocycles. The summed E-state index contributed by atoms with van der Waals surface area (Å²) in [5.41, 5.74) is 0.838. The number of aliphatic hydroxyl groups is 1. The molecular weight excluding hydrogens is 415 g/mol. The number of fused-ring (bicyclic) bond motifs is 1. The third-order valence-corrected chi connectivity index (χ3v) is 5.35. The number of amides is 2. The number of benzene rings is 1. The summed E-state index contributed by atoms with van der Waals surface area (Å²) in [6.45, 7) is 8.02. The highest BCUT2D eigenvalue weighted by Crippen LogP contribution is 2.40. The zero-order chi connectivity index (χ0) is 23.0. The highest BCUT2D eigenvalue weighted by Gasteiger charge is 2.31. The molecule has 1 aromatic carbocycles. The first kappa shape index (κ1) is 22.1. The molecule has 0 bridgehead atoms. The second-order valence-corrected chi connectivity index (χ2v) is 8.64. The number of carbonyl (C=O) groups excluding carboxylic acids is 1. The van der Waals surface area contributed by atoms with Gasteiger partial charge < -0.3 is 20.1 Å². The molecule has 0 saturated carbocycles. The molecule has 170 valence electrons. The SMILES string of the molecule is CCNC(=O)Nc1nc2c([C@H]3CC(C)CO3)c(F)c(-c3cnc(C(C)(C)O)nc3)cc2[nH]1. The van der Waals surface area contributed by atoms with Crippen LogP contribution in [0, 0.1) is 11.7 Å². The van der Waals surface area contributed by atoms with Crippen molar-refractivity contribution >= 4 is 23.0 Å². The van der Waals surface area contributed by atoms with Crippen LogP contribution in [0.4, 0.5) is 15.1 Å². The van der Waals surface area contributed by atoms with Gasteiger partial charge in [-0.2, -0.15) is 0 Å². The highest BCUT2D eigenvalue weighted by molar-refractivity contribution is 5.92. The van der Waals surface area contributed by atoms with Crippen LogP contribution in [0.3, 0.4) is 0 Å². The summed E-state index contributed by atoms with van der Waals surface area (Å²) in [6.07, 6.45) is 3.17. The van der Waals surface area contributed by atoms with E-state index in [1.165, 1.54) is 12.4 Å². The first-order valence-electron chi connectivity index (χ1n) is 10.6. The maximum absolute atomic E-state index is 15.9. The van der Waals surface area contributed by atoms with Gasteiger partial charge in [0, 0.05) is 35.6 Å².